The van der Waals surface area contributed by atoms with Gasteiger partial charge in [-0.25, -0.2) is 0 Å². The summed E-state index contributed by atoms with van der Waals surface area (Å²) in [6.45, 7) is 0. The smallest absolute Gasteiger partial charge is 0.0462 e. The molecular weight excluding hydrogens is 831 g/mol. The quantitative estimate of drug-likeness (QED) is 0.132. The Morgan fingerprint density at radius 2 is 0.391 bits per heavy atom. The molecule has 0 aromatic heterocycles. The van der Waals surface area contributed by atoms with Gasteiger partial charge in [-0.1, -0.05) is 249 Å². The number of fused-ring (bicyclic) bond motifs is 2. The highest BCUT2D eigenvalue weighted by Gasteiger charge is 2.18. The first-order chi connectivity index (χ1) is 34.2. The molecule has 0 spiro atoms. The Balaban J connectivity index is 0.959. The van der Waals surface area contributed by atoms with Crippen molar-refractivity contribution in [3.8, 4) is 77.9 Å². The highest BCUT2D eigenvalue weighted by Crippen LogP contribution is 2.43. The SMILES string of the molecule is c1ccc(-c2ccccc2-c2ccccc2-c2ccc(N(c3ccc(-c4cccc5cccc(-c6ccccc6)c45)cc3)c3ccc(-c4cccc5cccc(-c6ccccc6)c45)cc3)cc2)cc1. The third-order valence-electron chi connectivity index (χ3n) is 13.5. The Kier molecular flexibility index (Phi) is 11.0. The summed E-state index contributed by atoms with van der Waals surface area (Å²) in [6.07, 6.45) is 0. The van der Waals surface area contributed by atoms with Crippen LogP contribution in [0.1, 0.15) is 0 Å². The molecule has 0 heterocycles. The van der Waals surface area contributed by atoms with Crippen LogP contribution >= 0.6 is 0 Å². The maximum atomic E-state index is 2.38. The van der Waals surface area contributed by atoms with Crippen molar-refractivity contribution in [3.05, 3.63) is 285 Å². The minimum Gasteiger partial charge on any atom is -0.311 e. The molecule has 12 aromatic carbocycles. The van der Waals surface area contributed by atoms with Crippen LogP contribution in [-0.4, -0.2) is 0 Å². The molecule has 0 atom stereocenters. The lowest BCUT2D eigenvalue weighted by Crippen LogP contribution is -2.09. The molecule has 0 aliphatic rings. The fourth-order valence-corrected chi connectivity index (χ4v) is 10.3. The van der Waals surface area contributed by atoms with Gasteiger partial charge in [-0.2, -0.15) is 0 Å². The Labute approximate surface area is 404 Å². The number of hydrogen-bond donors (Lipinski definition) is 0. The van der Waals surface area contributed by atoms with Crippen LogP contribution in [0.3, 0.4) is 0 Å². The number of hydrogen-bond acceptors (Lipinski definition) is 1. The van der Waals surface area contributed by atoms with Gasteiger partial charge in [0.15, 0.2) is 0 Å². The van der Waals surface area contributed by atoms with Crippen molar-refractivity contribution in [1.29, 1.82) is 0 Å². The van der Waals surface area contributed by atoms with Gasteiger partial charge in [0.2, 0.25) is 0 Å². The zero-order chi connectivity index (χ0) is 45.9. The van der Waals surface area contributed by atoms with Crippen LogP contribution in [0.25, 0.3) is 99.4 Å². The lowest BCUT2D eigenvalue weighted by molar-refractivity contribution is 1.28. The van der Waals surface area contributed by atoms with Gasteiger partial charge in [0.1, 0.15) is 0 Å². The van der Waals surface area contributed by atoms with Gasteiger partial charge in [-0.15, -0.1) is 0 Å². The molecule has 0 saturated heterocycles. The average Bonchev–Trinajstić information content (AvgIpc) is 3.44. The van der Waals surface area contributed by atoms with Crippen molar-refractivity contribution < 1.29 is 0 Å². The molecule has 0 N–H and O–H groups in total. The molecule has 0 amide bonds. The molecule has 0 aliphatic carbocycles. The summed E-state index contributed by atoms with van der Waals surface area (Å²) in [5.41, 5.74) is 20.2. The van der Waals surface area contributed by atoms with Crippen LogP contribution in [-0.2, 0) is 0 Å². The van der Waals surface area contributed by atoms with Crippen molar-refractivity contribution in [1.82, 2.24) is 0 Å². The van der Waals surface area contributed by atoms with Crippen LogP contribution in [0.4, 0.5) is 17.1 Å². The van der Waals surface area contributed by atoms with Crippen molar-refractivity contribution in [2.24, 2.45) is 0 Å². The molecule has 12 aromatic rings. The maximum Gasteiger partial charge on any atom is 0.0462 e. The summed E-state index contributed by atoms with van der Waals surface area (Å²) in [7, 11) is 0. The van der Waals surface area contributed by atoms with Crippen LogP contribution in [0.5, 0.6) is 0 Å². The normalized spacial score (nSPS) is 11.2. The van der Waals surface area contributed by atoms with E-state index in [0.29, 0.717) is 0 Å². The van der Waals surface area contributed by atoms with Crippen molar-refractivity contribution >= 4 is 38.6 Å². The molecule has 69 heavy (non-hydrogen) atoms. The maximum absolute atomic E-state index is 2.38. The molecule has 0 unspecified atom stereocenters. The minimum absolute atomic E-state index is 1.08. The van der Waals surface area contributed by atoms with Crippen molar-refractivity contribution in [3.63, 3.8) is 0 Å². The fraction of sp³-hybridized carbons (Fsp3) is 0. The molecule has 0 bridgehead atoms. The van der Waals surface area contributed by atoms with E-state index in [1.165, 1.54) is 99.4 Å². The monoisotopic (exact) mass is 877 g/mol. The fourth-order valence-electron chi connectivity index (χ4n) is 10.3. The summed E-state index contributed by atoms with van der Waals surface area (Å²) in [5, 5.41) is 4.98. The molecule has 324 valence electrons. The predicted molar refractivity (Wildman–Crippen MR) is 294 cm³/mol. The van der Waals surface area contributed by atoms with E-state index in [1.54, 1.807) is 0 Å². The topological polar surface area (TPSA) is 3.24 Å². The van der Waals surface area contributed by atoms with Crippen LogP contribution in [0.15, 0.2) is 285 Å². The molecule has 1 nitrogen and oxygen atoms in total. The second-order valence-corrected chi connectivity index (χ2v) is 17.6. The van der Waals surface area contributed by atoms with Gasteiger partial charge in [-0.05, 0) is 136 Å². The lowest BCUT2D eigenvalue weighted by Gasteiger charge is -2.26. The molecule has 12 rings (SSSR count). The van der Waals surface area contributed by atoms with Gasteiger partial charge in [0.05, 0.1) is 0 Å². The van der Waals surface area contributed by atoms with Gasteiger partial charge in [-0.3, -0.25) is 0 Å². The highest BCUT2D eigenvalue weighted by molar-refractivity contribution is 6.08. The number of nitrogens with zero attached hydrogens (tertiary/aromatic N) is 1. The van der Waals surface area contributed by atoms with E-state index in [9.17, 15) is 0 Å². The van der Waals surface area contributed by atoms with E-state index in [-0.39, 0.29) is 0 Å². The van der Waals surface area contributed by atoms with Crippen LogP contribution in [0.2, 0.25) is 0 Å². The molecule has 1 heteroatoms. The van der Waals surface area contributed by atoms with E-state index in [1.807, 2.05) is 0 Å². The lowest BCUT2D eigenvalue weighted by atomic mass is 9.89. The van der Waals surface area contributed by atoms with Gasteiger partial charge in [0.25, 0.3) is 0 Å². The van der Waals surface area contributed by atoms with Crippen LogP contribution in [0, 0.1) is 0 Å². The third-order valence-corrected chi connectivity index (χ3v) is 13.5. The predicted octanol–water partition coefficient (Wildman–Crippen LogP) is 19.1. The first kappa shape index (κ1) is 41.4. The van der Waals surface area contributed by atoms with E-state index in [4.69, 9.17) is 0 Å². The Bertz CT molecular complexity index is 3550. The minimum atomic E-state index is 1.08. The summed E-state index contributed by atoms with van der Waals surface area (Å²) in [6, 6.07) is 103. The van der Waals surface area contributed by atoms with Crippen molar-refractivity contribution in [2.45, 2.75) is 0 Å². The van der Waals surface area contributed by atoms with E-state index >= 15 is 0 Å². The molecule has 0 aliphatic heterocycles. The first-order valence-corrected chi connectivity index (χ1v) is 23.7. The summed E-state index contributed by atoms with van der Waals surface area (Å²) in [5.74, 6) is 0. The largest absolute Gasteiger partial charge is 0.311 e. The Hall–Kier alpha value is -9.04. The second-order valence-electron chi connectivity index (χ2n) is 17.6. The second kappa shape index (κ2) is 18.3. The van der Waals surface area contributed by atoms with Crippen molar-refractivity contribution in [2.75, 3.05) is 4.90 Å². The Morgan fingerprint density at radius 1 is 0.159 bits per heavy atom. The van der Waals surface area contributed by atoms with Gasteiger partial charge >= 0.3 is 0 Å². The number of benzene rings is 12. The highest BCUT2D eigenvalue weighted by atomic mass is 15.1. The summed E-state index contributed by atoms with van der Waals surface area (Å²) < 4.78 is 0. The number of anilines is 3. The summed E-state index contributed by atoms with van der Waals surface area (Å²) >= 11 is 0. The standard InChI is InChI=1S/C68H47N/c1-4-18-48(19-5-1)59-28-10-12-30-65(59)66-31-13-11-29-60(66)51-36-42-56(43-37-51)69(57-44-38-52(39-45-57)63-34-16-26-54-24-14-32-61(67(54)63)49-20-6-2-7-21-49)58-46-40-53(41-47-58)64-35-17-27-55-25-15-33-62(68(55)64)50-22-8-3-9-23-50/h1-47H. The van der Waals surface area contributed by atoms with Crippen LogP contribution < -0.4 is 4.90 Å². The third kappa shape index (κ3) is 7.97. The summed E-state index contributed by atoms with van der Waals surface area (Å²) in [4.78, 5) is 2.38. The van der Waals surface area contributed by atoms with E-state index in [0.717, 1.165) is 17.1 Å². The average molecular weight is 878 g/mol. The first-order valence-electron chi connectivity index (χ1n) is 23.7. The molecule has 0 radical (unpaired) electrons. The Morgan fingerprint density at radius 3 is 0.710 bits per heavy atom. The zero-order valence-electron chi connectivity index (χ0n) is 38.1. The van der Waals surface area contributed by atoms with Gasteiger partial charge in [0, 0.05) is 17.1 Å². The molecular formula is C68H47N. The molecule has 0 fully saturated rings. The van der Waals surface area contributed by atoms with Gasteiger partial charge < -0.3 is 4.90 Å². The van der Waals surface area contributed by atoms with E-state index in [2.05, 4.69) is 290 Å². The number of rotatable bonds is 10. The zero-order valence-corrected chi connectivity index (χ0v) is 38.1. The molecule has 0 saturated carbocycles. The van der Waals surface area contributed by atoms with E-state index < -0.39 is 0 Å².